The van der Waals surface area contributed by atoms with E-state index in [1.165, 1.54) is 0 Å². The molecule has 0 aromatic carbocycles. The van der Waals surface area contributed by atoms with Gasteiger partial charge < -0.3 is 9.47 Å². The summed E-state index contributed by atoms with van der Waals surface area (Å²) >= 11 is 0. The largest absolute Gasteiger partial charge is 0.464 e. The van der Waals surface area contributed by atoms with Gasteiger partial charge in [-0.05, 0) is 12.5 Å². The quantitative estimate of drug-likeness (QED) is 0.620. The van der Waals surface area contributed by atoms with Crippen molar-refractivity contribution in [3.63, 3.8) is 0 Å². The van der Waals surface area contributed by atoms with Gasteiger partial charge in [-0.25, -0.2) is 4.79 Å². The Bertz CT molecular complexity index is 230. The lowest BCUT2D eigenvalue weighted by Crippen LogP contribution is -2.29. The normalized spacial score (nSPS) is 21.9. The molecule has 1 unspecified atom stereocenters. The summed E-state index contributed by atoms with van der Waals surface area (Å²) in [5.74, 6) is -0.276. The molecule has 0 spiro atoms. The Morgan fingerprint density at radius 1 is 1.92 bits per heavy atom. The summed E-state index contributed by atoms with van der Waals surface area (Å²) in [6.07, 6.45) is 3.85. The van der Waals surface area contributed by atoms with Crippen LogP contribution >= 0.6 is 0 Å². The standard InChI is InChI=1S/C10H14O3/c1-3-8-5-6-9(13-7-8)10(11)12-4-2/h3,5,9H,1,4,6-7H2,2H3. The number of esters is 1. The molecular formula is C10H14O3. The van der Waals surface area contributed by atoms with Crippen molar-refractivity contribution in [3.8, 4) is 0 Å². The second-order valence-electron chi connectivity index (χ2n) is 2.77. The number of hydrogen-bond acceptors (Lipinski definition) is 3. The Morgan fingerprint density at radius 2 is 2.69 bits per heavy atom. The van der Waals surface area contributed by atoms with Gasteiger partial charge in [0.2, 0.25) is 0 Å². The van der Waals surface area contributed by atoms with E-state index in [9.17, 15) is 4.79 Å². The van der Waals surface area contributed by atoms with Gasteiger partial charge in [-0.3, -0.25) is 0 Å². The Morgan fingerprint density at radius 3 is 3.15 bits per heavy atom. The first-order valence-electron chi connectivity index (χ1n) is 4.37. The molecule has 0 N–H and O–H groups in total. The van der Waals surface area contributed by atoms with Crippen LogP contribution in [0, 0.1) is 0 Å². The molecule has 0 radical (unpaired) electrons. The van der Waals surface area contributed by atoms with Crippen LogP contribution in [0.25, 0.3) is 0 Å². The van der Waals surface area contributed by atoms with Crippen molar-refractivity contribution in [1.29, 1.82) is 0 Å². The highest BCUT2D eigenvalue weighted by Gasteiger charge is 2.22. The summed E-state index contributed by atoms with van der Waals surface area (Å²) < 4.78 is 10.1. The third-order valence-electron chi connectivity index (χ3n) is 1.86. The van der Waals surface area contributed by atoms with Crippen LogP contribution in [-0.4, -0.2) is 25.3 Å². The zero-order valence-electron chi connectivity index (χ0n) is 7.79. The molecular weight excluding hydrogens is 168 g/mol. The van der Waals surface area contributed by atoms with E-state index in [1.54, 1.807) is 13.0 Å². The molecule has 72 valence electrons. The van der Waals surface area contributed by atoms with Crippen molar-refractivity contribution in [2.75, 3.05) is 13.2 Å². The van der Waals surface area contributed by atoms with Crippen LogP contribution < -0.4 is 0 Å². The third kappa shape index (κ3) is 2.70. The minimum absolute atomic E-state index is 0.276. The Kier molecular flexibility index (Phi) is 3.71. The highest BCUT2D eigenvalue weighted by atomic mass is 16.6. The van der Waals surface area contributed by atoms with Crippen molar-refractivity contribution in [2.24, 2.45) is 0 Å². The van der Waals surface area contributed by atoms with Gasteiger partial charge in [-0.1, -0.05) is 18.7 Å². The van der Waals surface area contributed by atoms with E-state index in [2.05, 4.69) is 6.58 Å². The summed E-state index contributed by atoms with van der Waals surface area (Å²) in [7, 11) is 0. The summed E-state index contributed by atoms with van der Waals surface area (Å²) in [5.41, 5.74) is 1.03. The Hall–Kier alpha value is -1.09. The molecule has 0 aliphatic carbocycles. The van der Waals surface area contributed by atoms with Crippen LogP contribution in [0.15, 0.2) is 24.3 Å². The SMILES string of the molecule is C=CC1=CCC(C(=O)OCC)OC1. The van der Waals surface area contributed by atoms with E-state index in [0.29, 0.717) is 19.6 Å². The van der Waals surface area contributed by atoms with E-state index >= 15 is 0 Å². The average molecular weight is 182 g/mol. The second-order valence-corrected chi connectivity index (χ2v) is 2.77. The van der Waals surface area contributed by atoms with Crippen LogP contribution in [-0.2, 0) is 14.3 Å². The van der Waals surface area contributed by atoms with E-state index in [0.717, 1.165) is 5.57 Å². The molecule has 1 aliphatic rings. The molecule has 1 atom stereocenters. The first-order valence-corrected chi connectivity index (χ1v) is 4.37. The van der Waals surface area contributed by atoms with Crippen molar-refractivity contribution in [1.82, 2.24) is 0 Å². The Balaban J connectivity index is 2.45. The molecule has 0 bridgehead atoms. The molecule has 0 aromatic heterocycles. The maximum Gasteiger partial charge on any atom is 0.335 e. The predicted octanol–water partition coefficient (Wildman–Crippen LogP) is 1.45. The molecule has 3 nitrogen and oxygen atoms in total. The highest BCUT2D eigenvalue weighted by Crippen LogP contribution is 2.13. The van der Waals surface area contributed by atoms with Crippen LogP contribution in [0.3, 0.4) is 0 Å². The van der Waals surface area contributed by atoms with Gasteiger partial charge in [-0.2, -0.15) is 0 Å². The number of hydrogen-bond donors (Lipinski definition) is 0. The summed E-state index contributed by atoms with van der Waals surface area (Å²) in [6.45, 7) is 6.26. The van der Waals surface area contributed by atoms with Gasteiger partial charge in [0.1, 0.15) is 0 Å². The maximum atomic E-state index is 11.2. The average Bonchev–Trinajstić information content (AvgIpc) is 2.18. The Labute approximate surface area is 78.0 Å². The summed E-state index contributed by atoms with van der Waals surface area (Å²) in [4.78, 5) is 11.2. The molecule has 0 aromatic rings. The van der Waals surface area contributed by atoms with Crippen LogP contribution in [0.1, 0.15) is 13.3 Å². The summed E-state index contributed by atoms with van der Waals surface area (Å²) in [5, 5.41) is 0. The number of rotatable bonds is 3. The van der Waals surface area contributed by atoms with Crippen LogP contribution in [0.2, 0.25) is 0 Å². The van der Waals surface area contributed by atoms with Crippen molar-refractivity contribution in [2.45, 2.75) is 19.4 Å². The lowest BCUT2D eigenvalue weighted by Gasteiger charge is -2.19. The van der Waals surface area contributed by atoms with Crippen molar-refractivity contribution >= 4 is 5.97 Å². The fraction of sp³-hybridized carbons (Fsp3) is 0.500. The minimum Gasteiger partial charge on any atom is -0.464 e. The zero-order valence-corrected chi connectivity index (χ0v) is 7.79. The molecule has 1 aliphatic heterocycles. The van der Waals surface area contributed by atoms with Gasteiger partial charge in [0.25, 0.3) is 0 Å². The molecule has 0 saturated carbocycles. The van der Waals surface area contributed by atoms with E-state index in [-0.39, 0.29) is 5.97 Å². The molecule has 1 rings (SSSR count). The van der Waals surface area contributed by atoms with E-state index in [1.807, 2.05) is 6.08 Å². The second kappa shape index (κ2) is 4.82. The number of ether oxygens (including phenoxy) is 2. The smallest absolute Gasteiger partial charge is 0.335 e. The molecule has 3 heteroatoms. The maximum absolute atomic E-state index is 11.2. The molecule has 0 amide bonds. The summed E-state index contributed by atoms with van der Waals surface area (Å²) in [6, 6.07) is 0. The predicted molar refractivity (Wildman–Crippen MR) is 49.3 cm³/mol. The lowest BCUT2D eigenvalue weighted by molar-refractivity contribution is -0.156. The topological polar surface area (TPSA) is 35.5 Å². The first kappa shape index (κ1) is 9.99. The van der Waals surface area contributed by atoms with Gasteiger partial charge in [0, 0.05) is 6.42 Å². The van der Waals surface area contributed by atoms with Crippen molar-refractivity contribution < 1.29 is 14.3 Å². The molecule has 0 fully saturated rings. The molecule has 13 heavy (non-hydrogen) atoms. The van der Waals surface area contributed by atoms with Crippen LogP contribution in [0.4, 0.5) is 0 Å². The zero-order chi connectivity index (χ0) is 9.68. The monoisotopic (exact) mass is 182 g/mol. The fourth-order valence-electron chi connectivity index (χ4n) is 1.12. The van der Waals surface area contributed by atoms with Crippen LogP contribution in [0.5, 0.6) is 0 Å². The lowest BCUT2D eigenvalue weighted by atomic mass is 10.1. The van der Waals surface area contributed by atoms with Gasteiger partial charge in [0.15, 0.2) is 6.10 Å². The van der Waals surface area contributed by atoms with Gasteiger partial charge in [0.05, 0.1) is 13.2 Å². The number of carbonyl (C=O) groups excluding carboxylic acids is 1. The molecule has 0 saturated heterocycles. The van der Waals surface area contributed by atoms with Gasteiger partial charge in [-0.15, -0.1) is 0 Å². The van der Waals surface area contributed by atoms with E-state index < -0.39 is 6.10 Å². The highest BCUT2D eigenvalue weighted by molar-refractivity contribution is 5.75. The number of carbonyl (C=O) groups is 1. The van der Waals surface area contributed by atoms with Crippen molar-refractivity contribution in [3.05, 3.63) is 24.3 Å². The van der Waals surface area contributed by atoms with E-state index in [4.69, 9.17) is 9.47 Å². The minimum atomic E-state index is -0.427. The first-order chi connectivity index (χ1) is 6.27. The fourth-order valence-corrected chi connectivity index (χ4v) is 1.12. The third-order valence-corrected chi connectivity index (χ3v) is 1.86. The molecule has 1 heterocycles. The van der Waals surface area contributed by atoms with Gasteiger partial charge >= 0.3 is 5.97 Å².